The molecule has 0 aliphatic carbocycles. The molecule has 2 aromatic rings. The second-order valence-corrected chi connectivity index (χ2v) is 8.94. The topological polar surface area (TPSA) is 40.6 Å². The average molecular weight is 373 g/mol. The third-order valence-electron chi connectivity index (χ3n) is 5.37. The molecule has 1 fully saturated rings. The number of benzene rings is 2. The second-order valence-electron chi connectivity index (χ2n) is 7.05. The molecule has 1 heterocycles. The number of rotatable bonds is 6. The Kier molecular flexibility index (Phi) is 5.80. The summed E-state index contributed by atoms with van der Waals surface area (Å²) < 4.78 is 27.9. The molecule has 0 radical (unpaired) electrons. The molecule has 0 spiro atoms. The molecule has 1 saturated heterocycles. The molecule has 0 bridgehead atoms. The molecule has 2 atom stereocenters. The first-order valence-electron chi connectivity index (χ1n) is 9.31. The zero-order chi connectivity index (χ0) is 18.7. The van der Waals surface area contributed by atoms with E-state index in [1.807, 2.05) is 32.0 Å². The van der Waals surface area contributed by atoms with Gasteiger partial charge in [-0.3, -0.25) is 4.90 Å². The quantitative estimate of drug-likeness (QED) is 0.773. The van der Waals surface area contributed by atoms with E-state index < -0.39 is 10.0 Å². The Morgan fingerprint density at radius 2 is 1.77 bits per heavy atom. The molecule has 1 aliphatic rings. The molecular weight excluding hydrogens is 344 g/mol. The van der Waals surface area contributed by atoms with Gasteiger partial charge in [-0.1, -0.05) is 55.0 Å². The fourth-order valence-corrected chi connectivity index (χ4v) is 5.42. The van der Waals surface area contributed by atoms with E-state index in [2.05, 4.69) is 36.1 Å². The van der Waals surface area contributed by atoms with Crippen LogP contribution in [0.15, 0.2) is 59.5 Å². The maximum absolute atomic E-state index is 13.1. The lowest BCUT2D eigenvalue weighted by atomic mass is 10.1. The summed E-state index contributed by atoms with van der Waals surface area (Å²) in [5, 5.41) is 0. The van der Waals surface area contributed by atoms with Gasteiger partial charge in [0.05, 0.1) is 4.90 Å². The van der Waals surface area contributed by atoms with Crippen molar-refractivity contribution >= 4 is 10.0 Å². The average Bonchev–Trinajstić information content (AvgIpc) is 3.12. The van der Waals surface area contributed by atoms with Crippen LogP contribution in [0.1, 0.15) is 37.4 Å². The molecule has 0 amide bonds. The van der Waals surface area contributed by atoms with Crippen molar-refractivity contribution in [3.05, 3.63) is 65.7 Å². The van der Waals surface area contributed by atoms with Crippen LogP contribution < -0.4 is 0 Å². The van der Waals surface area contributed by atoms with Gasteiger partial charge in [0.2, 0.25) is 10.0 Å². The van der Waals surface area contributed by atoms with Gasteiger partial charge in [0.25, 0.3) is 0 Å². The molecule has 0 saturated carbocycles. The zero-order valence-electron chi connectivity index (χ0n) is 15.8. The van der Waals surface area contributed by atoms with Crippen molar-refractivity contribution in [1.82, 2.24) is 9.21 Å². The fraction of sp³-hybridized carbons (Fsp3) is 0.429. The van der Waals surface area contributed by atoms with E-state index in [4.69, 9.17) is 0 Å². The Hall–Kier alpha value is -1.69. The highest BCUT2D eigenvalue weighted by atomic mass is 32.2. The molecule has 2 unspecified atom stereocenters. The normalized spacial score (nSPS) is 19.8. The molecular formula is C21H28N2O2S. The van der Waals surface area contributed by atoms with Crippen LogP contribution in [0.2, 0.25) is 0 Å². The van der Waals surface area contributed by atoms with Crippen molar-refractivity contribution in [1.29, 1.82) is 0 Å². The third-order valence-corrected chi connectivity index (χ3v) is 7.41. The van der Waals surface area contributed by atoms with Gasteiger partial charge in [0.15, 0.2) is 0 Å². The Morgan fingerprint density at radius 3 is 2.38 bits per heavy atom. The zero-order valence-corrected chi connectivity index (χ0v) is 16.6. The fourth-order valence-electron chi connectivity index (χ4n) is 3.77. The number of hydrogen-bond donors (Lipinski definition) is 0. The van der Waals surface area contributed by atoms with Crippen molar-refractivity contribution < 1.29 is 8.42 Å². The van der Waals surface area contributed by atoms with Crippen LogP contribution in [0.3, 0.4) is 0 Å². The summed E-state index contributed by atoms with van der Waals surface area (Å²) >= 11 is 0. The molecule has 26 heavy (non-hydrogen) atoms. The van der Waals surface area contributed by atoms with E-state index in [0.717, 1.165) is 25.1 Å². The van der Waals surface area contributed by atoms with Gasteiger partial charge in [-0.05, 0) is 38.0 Å². The van der Waals surface area contributed by atoms with Crippen molar-refractivity contribution in [3.63, 3.8) is 0 Å². The van der Waals surface area contributed by atoms with Crippen molar-refractivity contribution in [2.45, 2.75) is 44.2 Å². The summed E-state index contributed by atoms with van der Waals surface area (Å²) in [5.74, 6) is 0. The van der Waals surface area contributed by atoms with Gasteiger partial charge in [-0.25, -0.2) is 8.42 Å². The summed E-state index contributed by atoms with van der Waals surface area (Å²) in [7, 11) is -3.46. The summed E-state index contributed by atoms with van der Waals surface area (Å²) in [4.78, 5) is 2.77. The van der Waals surface area contributed by atoms with Gasteiger partial charge in [-0.2, -0.15) is 4.31 Å². The smallest absolute Gasteiger partial charge is 0.243 e. The maximum Gasteiger partial charge on any atom is 0.243 e. The lowest BCUT2D eigenvalue weighted by Crippen LogP contribution is -2.42. The molecule has 2 aromatic carbocycles. The Labute approximate surface area is 157 Å². The Morgan fingerprint density at radius 1 is 1.12 bits per heavy atom. The van der Waals surface area contributed by atoms with E-state index in [9.17, 15) is 8.42 Å². The highest BCUT2D eigenvalue weighted by Gasteiger charge is 2.36. The largest absolute Gasteiger partial charge is 0.295 e. The summed E-state index contributed by atoms with van der Waals surface area (Å²) in [6, 6.07) is 17.9. The molecule has 4 nitrogen and oxygen atoms in total. The molecule has 0 aromatic heterocycles. The van der Waals surface area contributed by atoms with Crippen molar-refractivity contribution in [2.24, 2.45) is 0 Å². The minimum Gasteiger partial charge on any atom is -0.295 e. The number of likely N-dealkylation sites (N-methyl/N-ethyl adjacent to an activating group) is 1. The Bertz CT molecular complexity index is 819. The van der Waals surface area contributed by atoms with Crippen LogP contribution >= 0.6 is 0 Å². The van der Waals surface area contributed by atoms with E-state index >= 15 is 0 Å². The standard InChI is InChI=1S/C21H28N2O2S/c1-4-23(26(24,25)21-12-10-17(2)11-13-21)20-14-15-22(16-20)18(3)19-8-6-5-7-9-19/h5-13,18,20H,4,14-16H2,1-3H3. The number of aryl methyl sites for hydroxylation is 1. The highest BCUT2D eigenvalue weighted by Crippen LogP contribution is 2.29. The van der Waals surface area contributed by atoms with E-state index in [1.165, 1.54) is 5.56 Å². The van der Waals surface area contributed by atoms with Crippen LogP contribution in [0.5, 0.6) is 0 Å². The van der Waals surface area contributed by atoms with Crippen LogP contribution in [-0.4, -0.2) is 43.3 Å². The van der Waals surface area contributed by atoms with E-state index in [1.54, 1.807) is 16.4 Å². The lowest BCUT2D eigenvalue weighted by Gasteiger charge is -2.29. The molecule has 0 N–H and O–H groups in total. The predicted molar refractivity (Wildman–Crippen MR) is 106 cm³/mol. The first kappa shape index (κ1) is 19.1. The summed E-state index contributed by atoms with van der Waals surface area (Å²) in [5.41, 5.74) is 2.34. The van der Waals surface area contributed by atoms with Crippen molar-refractivity contribution in [3.8, 4) is 0 Å². The second kappa shape index (κ2) is 7.91. The number of likely N-dealkylation sites (tertiary alicyclic amines) is 1. The number of nitrogens with zero attached hydrogens (tertiary/aromatic N) is 2. The minimum absolute atomic E-state index is 0.0254. The molecule has 140 valence electrons. The third kappa shape index (κ3) is 3.85. The van der Waals surface area contributed by atoms with E-state index in [0.29, 0.717) is 17.5 Å². The monoisotopic (exact) mass is 372 g/mol. The van der Waals surface area contributed by atoms with Gasteiger partial charge in [0, 0.05) is 31.7 Å². The first-order chi connectivity index (χ1) is 12.4. The van der Waals surface area contributed by atoms with Crippen LogP contribution in [0.4, 0.5) is 0 Å². The van der Waals surface area contributed by atoms with Gasteiger partial charge in [0.1, 0.15) is 0 Å². The lowest BCUT2D eigenvalue weighted by molar-refractivity contribution is 0.239. The SMILES string of the molecule is CCN(C1CCN(C(C)c2ccccc2)C1)S(=O)(=O)c1ccc(C)cc1. The van der Waals surface area contributed by atoms with Crippen LogP contribution in [-0.2, 0) is 10.0 Å². The van der Waals surface area contributed by atoms with Crippen LogP contribution in [0.25, 0.3) is 0 Å². The predicted octanol–water partition coefficient (Wildman–Crippen LogP) is 3.84. The van der Waals surface area contributed by atoms with Gasteiger partial charge >= 0.3 is 0 Å². The summed E-state index contributed by atoms with van der Waals surface area (Å²) in [6.45, 7) is 8.27. The molecule has 1 aliphatic heterocycles. The van der Waals surface area contributed by atoms with Gasteiger partial charge in [-0.15, -0.1) is 0 Å². The summed E-state index contributed by atoms with van der Waals surface area (Å²) in [6.07, 6.45) is 0.871. The molecule has 5 heteroatoms. The minimum atomic E-state index is -3.46. The van der Waals surface area contributed by atoms with Crippen LogP contribution in [0, 0.1) is 6.92 Å². The maximum atomic E-state index is 13.1. The number of hydrogen-bond acceptors (Lipinski definition) is 3. The molecule has 3 rings (SSSR count). The number of sulfonamides is 1. The van der Waals surface area contributed by atoms with Gasteiger partial charge < -0.3 is 0 Å². The highest BCUT2D eigenvalue weighted by molar-refractivity contribution is 7.89. The van der Waals surface area contributed by atoms with E-state index in [-0.39, 0.29) is 6.04 Å². The van der Waals surface area contributed by atoms with Crippen molar-refractivity contribution in [2.75, 3.05) is 19.6 Å². The first-order valence-corrected chi connectivity index (χ1v) is 10.7. The Balaban J connectivity index is 1.76.